The van der Waals surface area contributed by atoms with E-state index >= 15 is 0 Å². The number of aryl methyl sites for hydroxylation is 1. The molecule has 0 unspecified atom stereocenters. The molecule has 1 fully saturated rings. The fourth-order valence-corrected chi connectivity index (χ4v) is 4.04. The van der Waals surface area contributed by atoms with Gasteiger partial charge < -0.3 is 15.4 Å². The van der Waals surface area contributed by atoms with Gasteiger partial charge in [-0.1, -0.05) is 17.5 Å². The molecule has 3 heterocycles. The summed E-state index contributed by atoms with van der Waals surface area (Å²) >= 11 is 6.40. The van der Waals surface area contributed by atoms with Crippen LogP contribution >= 0.6 is 11.6 Å². The third-order valence-electron chi connectivity index (χ3n) is 5.32. The van der Waals surface area contributed by atoms with Crippen LogP contribution < -0.4 is 15.4 Å². The zero-order valence-electron chi connectivity index (χ0n) is 17.5. The summed E-state index contributed by atoms with van der Waals surface area (Å²) < 4.78 is 8.00. The van der Waals surface area contributed by atoms with E-state index in [-0.39, 0.29) is 6.10 Å². The molecule has 1 saturated heterocycles. The van der Waals surface area contributed by atoms with Gasteiger partial charge in [-0.2, -0.15) is 5.10 Å². The van der Waals surface area contributed by atoms with Crippen LogP contribution in [0.5, 0.6) is 5.75 Å². The minimum atomic E-state index is 0.146. The van der Waals surface area contributed by atoms with E-state index in [0.717, 1.165) is 47.5 Å². The Kier molecular flexibility index (Phi) is 5.39. The van der Waals surface area contributed by atoms with Crippen LogP contribution in [0, 0.1) is 12.3 Å². The van der Waals surface area contributed by atoms with Gasteiger partial charge in [-0.3, -0.25) is 4.68 Å². The fourth-order valence-electron chi connectivity index (χ4n) is 3.77. The molecule has 2 aromatic carbocycles. The van der Waals surface area contributed by atoms with E-state index in [1.807, 2.05) is 43.7 Å². The molecule has 0 bridgehead atoms. The van der Waals surface area contributed by atoms with Gasteiger partial charge in [0.1, 0.15) is 11.9 Å². The highest BCUT2D eigenvalue weighted by atomic mass is 35.5. The molecule has 8 heteroatoms. The van der Waals surface area contributed by atoms with Crippen molar-refractivity contribution in [3.8, 4) is 29.2 Å². The van der Waals surface area contributed by atoms with Gasteiger partial charge in [-0.05, 0) is 42.8 Å². The summed E-state index contributed by atoms with van der Waals surface area (Å²) in [6, 6.07) is 9.57. The lowest BCUT2D eigenvalue weighted by molar-refractivity contribution is 0.223. The molecule has 0 amide bonds. The molecular weight excluding hydrogens is 424 g/mol. The number of ether oxygens (including phenoxy) is 1. The fraction of sp³-hybridized carbons (Fsp3) is 0.208. The zero-order chi connectivity index (χ0) is 22.1. The van der Waals surface area contributed by atoms with Crippen LogP contribution in [-0.2, 0) is 7.05 Å². The minimum absolute atomic E-state index is 0.146. The van der Waals surface area contributed by atoms with Crippen LogP contribution in [0.15, 0.2) is 48.9 Å². The molecule has 0 aliphatic carbocycles. The number of terminal acetylenes is 1. The number of nitrogens with zero attached hydrogens (tertiary/aromatic N) is 4. The number of rotatable bonds is 5. The highest BCUT2D eigenvalue weighted by molar-refractivity contribution is 6.35. The first-order valence-corrected chi connectivity index (χ1v) is 10.7. The second-order valence-corrected chi connectivity index (χ2v) is 8.15. The highest BCUT2D eigenvalue weighted by Gasteiger charge is 2.17. The molecule has 0 saturated carbocycles. The van der Waals surface area contributed by atoms with Crippen molar-refractivity contribution in [3.05, 3.63) is 59.5 Å². The average Bonchev–Trinajstić information content (AvgIpc) is 3.45. The Morgan fingerprint density at radius 1 is 1.22 bits per heavy atom. The number of fused-ring (bicyclic) bond motifs is 1. The van der Waals surface area contributed by atoms with E-state index in [0.29, 0.717) is 22.1 Å². The largest absolute Gasteiger partial charge is 0.489 e. The number of anilines is 2. The Hall–Kier alpha value is -3.60. The monoisotopic (exact) mass is 444 g/mol. The molecule has 4 aromatic rings. The third kappa shape index (κ3) is 4.24. The third-order valence-corrected chi connectivity index (χ3v) is 5.61. The zero-order valence-corrected chi connectivity index (χ0v) is 18.2. The van der Waals surface area contributed by atoms with Gasteiger partial charge in [0.05, 0.1) is 16.7 Å². The van der Waals surface area contributed by atoms with Crippen LogP contribution in [0.3, 0.4) is 0 Å². The second-order valence-electron chi connectivity index (χ2n) is 7.74. The van der Waals surface area contributed by atoms with E-state index in [1.165, 1.54) is 0 Å². The Morgan fingerprint density at radius 3 is 2.88 bits per heavy atom. The smallest absolute Gasteiger partial charge is 0.227 e. The summed E-state index contributed by atoms with van der Waals surface area (Å²) in [4.78, 5) is 9.04. The number of halogens is 1. The first kappa shape index (κ1) is 20.3. The van der Waals surface area contributed by atoms with E-state index in [9.17, 15) is 0 Å². The van der Waals surface area contributed by atoms with E-state index in [2.05, 4.69) is 31.6 Å². The maximum Gasteiger partial charge on any atom is 0.227 e. The maximum absolute atomic E-state index is 6.40. The molecule has 5 rings (SSSR count). The van der Waals surface area contributed by atoms with Gasteiger partial charge in [0.15, 0.2) is 0 Å². The first-order chi connectivity index (χ1) is 15.6. The van der Waals surface area contributed by atoms with Gasteiger partial charge in [-0.15, -0.1) is 6.42 Å². The maximum atomic E-state index is 6.40. The minimum Gasteiger partial charge on any atom is -0.489 e. The van der Waals surface area contributed by atoms with E-state index in [1.54, 1.807) is 16.9 Å². The Morgan fingerprint density at radius 2 is 2.12 bits per heavy atom. The van der Waals surface area contributed by atoms with Gasteiger partial charge in [0, 0.05) is 54.3 Å². The summed E-state index contributed by atoms with van der Waals surface area (Å²) in [5, 5.41) is 12.2. The quantitative estimate of drug-likeness (QED) is 0.450. The predicted octanol–water partition coefficient (Wildman–Crippen LogP) is 4.15. The lowest BCUT2D eigenvalue weighted by Crippen LogP contribution is -2.19. The van der Waals surface area contributed by atoms with Gasteiger partial charge >= 0.3 is 0 Å². The molecule has 1 atom stereocenters. The van der Waals surface area contributed by atoms with Crippen molar-refractivity contribution in [2.45, 2.75) is 12.5 Å². The number of nitrogens with one attached hydrogen (secondary N) is 2. The van der Waals surface area contributed by atoms with Crippen molar-refractivity contribution >= 4 is 34.1 Å². The van der Waals surface area contributed by atoms with Crippen molar-refractivity contribution in [2.24, 2.45) is 7.05 Å². The molecule has 0 radical (unpaired) electrons. The van der Waals surface area contributed by atoms with Gasteiger partial charge in [0.25, 0.3) is 0 Å². The van der Waals surface area contributed by atoms with Crippen molar-refractivity contribution in [2.75, 3.05) is 18.4 Å². The van der Waals surface area contributed by atoms with Crippen LogP contribution in [0.25, 0.3) is 22.0 Å². The van der Waals surface area contributed by atoms with Crippen LogP contribution in [-0.4, -0.2) is 38.9 Å². The lowest BCUT2D eigenvalue weighted by Gasteiger charge is -2.15. The summed E-state index contributed by atoms with van der Waals surface area (Å²) in [6.07, 6.45) is 12.1. The Balaban J connectivity index is 1.50. The number of aromatic nitrogens is 4. The van der Waals surface area contributed by atoms with Crippen LogP contribution in [0.4, 0.5) is 11.6 Å². The van der Waals surface area contributed by atoms with E-state index < -0.39 is 0 Å². The number of hydrogen-bond acceptors (Lipinski definition) is 6. The molecule has 32 heavy (non-hydrogen) atoms. The van der Waals surface area contributed by atoms with E-state index in [4.69, 9.17) is 22.8 Å². The molecule has 1 aliphatic rings. The Labute approximate surface area is 190 Å². The summed E-state index contributed by atoms with van der Waals surface area (Å²) in [6.45, 7) is 1.80. The predicted molar refractivity (Wildman–Crippen MR) is 126 cm³/mol. The van der Waals surface area contributed by atoms with Gasteiger partial charge in [0.2, 0.25) is 5.95 Å². The molecule has 2 aromatic heterocycles. The summed E-state index contributed by atoms with van der Waals surface area (Å²) in [7, 11) is 1.89. The second kappa shape index (κ2) is 8.50. The topological polar surface area (TPSA) is 76.9 Å². The molecule has 0 spiro atoms. The lowest BCUT2D eigenvalue weighted by atomic mass is 10.1. The molecule has 160 valence electrons. The van der Waals surface area contributed by atoms with Crippen molar-refractivity contribution in [1.29, 1.82) is 0 Å². The van der Waals surface area contributed by atoms with Crippen LogP contribution in [0.2, 0.25) is 5.02 Å². The SMILES string of the molecule is C#Cc1cc(Cl)c2nc(Nc3cc(O[C@H]4CCNC4)cc(-c4cnn(C)c4)c3)ncc2c1. The normalized spacial score (nSPS) is 15.6. The number of hydrogen-bond donors (Lipinski definition) is 2. The summed E-state index contributed by atoms with van der Waals surface area (Å²) in [5.74, 6) is 3.81. The molecule has 7 nitrogen and oxygen atoms in total. The van der Waals surface area contributed by atoms with Crippen LogP contribution in [0.1, 0.15) is 12.0 Å². The standard InChI is InChI=1S/C24H21ClN6O/c1-3-15-6-17-11-27-24(30-23(17)22(25)7-15)29-19-8-16(18-12-28-31(2)14-18)9-21(10-19)32-20-4-5-26-13-20/h1,6-12,14,20,26H,4-5,13H2,2H3,(H,27,29,30)/t20-/m0/s1. The average molecular weight is 445 g/mol. The Bertz CT molecular complexity index is 1340. The van der Waals surface area contributed by atoms with Crippen molar-refractivity contribution < 1.29 is 4.74 Å². The van der Waals surface area contributed by atoms with Gasteiger partial charge in [-0.25, -0.2) is 9.97 Å². The highest BCUT2D eigenvalue weighted by Crippen LogP contribution is 2.31. The van der Waals surface area contributed by atoms with Crippen molar-refractivity contribution in [3.63, 3.8) is 0 Å². The van der Waals surface area contributed by atoms with Crippen molar-refractivity contribution in [1.82, 2.24) is 25.1 Å². The molecule has 1 aliphatic heterocycles. The molecule has 2 N–H and O–H groups in total. The molecular formula is C24H21ClN6O. The summed E-state index contributed by atoms with van der Waals surface area (Å²) in [5.41, 5.74) is 4.12. The number of benzene rings is 2. The first-order valence-electron chi connectivity index (χ1n) is 10.3.